The molecule has 0 atom stereocenters. The molecule has 6 nitrogen and oxygen atoms in total. The molecule has 0 bridgehead atoms. The summed E-state index contributed by atoms with van der Waals surface area (Å²) in [5.74, 6) is 1.68. The van der Waals surface area contributed by atoms with Gasteiger partial charge in [0.2, 0.25) is 5.91 Å². The molecule has 0 unspecified atom stereocenters. The van der Waals surface area contributed by atoms with Crippen molar-refractivity contribution in [3.63, 3.8) is 0 Å². The molecule has 2 heterocycles. The molecule has 3 rings (SSSR count). The largest absolute Gasteiger partial charge is 0.489 e. The number of hydrogen-bond donors (Lipinski definition) is 1. The summed E-state index contributed by atoms with van der Waals surface area (Å²) in [6.07, 6.45) is 1.87. The van der Waals surface area contributed by atoms with E-state index in [0.29, 0.717) is 12.3 Å². The minimum Gasteiger partial charge on any atom is -0.489 e. The van der Waals surface area contributed by atoms with E-state index in [-0.39, 0.29) is 12.0 Å². The third-order valence-corrected chi connectivity index (χ3v) is 4.24. The van der Waals surface area contributed by atoms with E-state index in [9.17, 15) is 4.79 Å². The molecule has 1 fully saturated rings. The van der Waals surface area contributed by atoms with Crippen LogP contribution in [0.5, 0.6) is 5.75 Å². The van der Waals surface area contributed by atoms with E-state index in [1.807, 2.05) is 62.5 Å². The van der Waals surface area contributed by atoms with Crippen LogP contribution in [0.3, 0.4) is 0 Å². The van der Waals surface area contributed by atoms with Crippen LogP contribution < -0.4 is 15.0 Å². The molecule has 1 N–H and O–H groups in total. The number of pyridine rings is 1. The minimum atomic E-state index is -0.0175. The van der Waals surface area contributed by atoms with E-state index >= 15 is 0 Å². The van der Waals surface area contributed by atoms with Crippen LogP contribution in [0.25, 0.3) is 0 Å². The van der Waals surface area contributed by atoms with E-state index in [0.717, 1.165) is 37.7 Å². The third kappa shape index (κ3) is 4.95. The van der Waals surface area contributed by atoms with Crippen LogP contribution in [-0.4, -0.2) is 54.6 Å². The fourth-order valence-corrected chi connectivity index (χ4v) is 3.00. The quantitative estimate of drug-likeness (QED) is 0.864. The van der Waals surface area contributed by atoms with Crippen LogP contribution in [0.4, 0.5) is 11.5 Å². The van der Waals surface area contributed by atoms with E-state index in [4.69, 9.17) is 4.74 Å². The van der Waals surface area contributed by atoms with Crippen molar-refractivity contribution in [3.05, 3.63) is 48.7 Å². The highest BCUT2D eigenvalue weighted by Gasteiger charge is 2.20. The summed E-state index contributed by atoms with van der Waals surface area (Å²) in [6.45, 7) is 7.75. The van der Waals surface area contributed by atoms with Crippen LogP contribution in [0.2, 0.25) is 0 Å². The van der Waals surface area contributed by atoms with Crippen LogP contribution >= 0.6 is 0 Å². The molecule has 1 saturated heterocycles. The summed E-state index contributed by atoms with van der Waals surface area (Å²) in [7, 11) is 0. The SMILES string of the molecule is CC(C)Oc1ccccc1NC(=O)CN1CCN(c2ccccn2)CC1. The maximum absolute atomic E-state index is 12.4. The Hall–Kier alpha value is -2.60. The van der Waals surface area contributed by atoms with Gasteiger partial charge in [-0.1, -0.05) is 18.2 Å². The van der Waals surface area contributed by atoms with Crippen molar-refractivity contribution in [2.24, 2.45) is 0 Å². The van der Waals surface area contributed by atoms with E-state index < -0.39 is 0 Å². The predicted octanol–water partition coefficient (Wildman–Crippen LogP) is 2.63. The Morgan fingerprint density at radius 2 is 1.85 bits per heavy atom. The standard InChI is InChI=1S/C20H26N4O2/c1-16(2)26-18-8-4-3-7-17(18)22-20(25)15-23-11-13-24(14-12-23)19-9-5-6-10-21-19/h3-10,16H,11-15H2,1-2H3,(H,22,25). The second kappa shape index (κ2) is 8.67. The average Bonchev–Trinajstić information content (AvgIpc) is 2.64. The highest BCUT2D eigenvalue weighted by Crippen LogP contribution is 2.24. The molecule has 0 saturated carbocycles. The molecule has 2 aromatic rings. The zero-order valence-electron chi connectivity index (χ0n) is 15.4. The first kappa shape index (κ1) is 18.2. The fraction of sp³-hybridized carbons (Fsp3) is 0.400. The lowest BCUT2D eigenvalue weighted by atomic mass is 10.2. The van der Waals surface area contributed by atoms with Crippen molar-refractivity contribution in [2.75, 3.05) is 42.9 Å². The van der Waals surface area contributed by atoms with Gasteiger partial charge in [0.05, 0.1) is 18.3 Å². The number of nitrogens with one attached hydrogen (secondary N) is 1. The molecule has 26 heavy (non-hydrogen) atoms. The van der Waals surface area contributed by atoms with Crippen molar-refractivity contribution in [1.82, 2.24) is 9.88 Å². The van der Waals surface area contributed by atoms with Gasteiger partial charge in [-0.3, -0.25) is 9.69 Å². The minimum absolute atomic E-state index is 0.0175. The Balaban J connectivity index is 1.51. The number of hydrogen-bond acceptors (Lipinski definition) is 5. The average molecular weight is 354 g/mol. The van der Waals surface area contributed by atoms with Gasteiger partial charge in [-0.15, -0.1) is 0 Å². The molecular formula is C20H26N4O2. The number of nitrogens with zero attached hydrogens (tertiary/aromatic N) is 3. The Morgan fingerprint density at radius 1 is 1.12 bits per heavy atom. The van der Waals surface area contributed by atoms with Crippen LogP contribution in [0.15, 0.2) is 48.7 Å². The van der Waals surface area contributed by atoms with Crippen molar-refractivity contribution < 1.29 is 9.53 Å². The Morgan fingerprint density at radius 3 is 2.54 bits per heavy atom. The summed E-state index contributed by atoms with van der Waals surface area (Å²) >= 11 is 0. The first-order valence-electron chi connectivity index (χ1n) is 9.05. The molecule has 1 aromatic carbocycles. The van der Waals surface area contributed by atoms with Crippen LogP contribution in [0, 0.1) is 0 Å². The summed E-state index contributed by atoms with van der Waals surface area (Å²) < 4.78 is 5.76. The number of ether oxygens (including phenoxy) is 1. The highest BCUT2D eigenvalue weighted by atomic mass is 16.5. The van der Waals surface area contributed by atoms with Crippen LogP contribution in [0.1, 0.15) is 13.8 Å². The second-order valence-corrected chi connectivity index (χ2v) is 6.66. The number of benzene rings is 1. The van der Waals surface area contributed by atoms with Gasteiger partial charge in [-0.25, -0.2) is 4.98 Å². The summed E-state index contributed by atoms with van der Waals surface area (Å²) in [5, 5.41) is 2.97. The van der Waals surface area contributed by atoms with Crippen molar-refractivity contribution in [2.45, 2.75) is 20.0 Å². The number of aromatic nitrogens is 1. The summed E-state index contributed by atoms with van der Waals surface area (Å²) in [6, 6.07) is 13.5. The first-order valence-corrected chi connectivity index (χ1v) is 9.05. The second-order valence-electron chi connectivity index (χ2n) is 6.66. The fourth-order valence-electron chi connectivity index (χ4n) is 3.00. The molecule has 0 spiro atoms. The zero-order valence-corrected chi connectivity index (χ0v) is 15.4. The summed E-state index contributed by atoms with van der Waals surface area (Å²) in [4.78, 5) is 21.2. The van der Waals surface area contributed by atoms with Gasteiger partial charge in [-0.05, 0) is 38.1 Å². The number of carbonyl (C=O) groups excluding carboxylic acids is 1. The van der Waals surface area contributed by atoms with Gasteiger partial charge in [0, 0.05) is 32.4 Å². The topological polar surface area (TPSA) is 57.7 Å². The number of para-hydroxylation sites is 2. The lowest BCUT2D eigenvalue weighted by molar-refractivity contribution is -0.117. The van der Waals surface area contributed by atoms with E-state index in [2.05, 4.69) is 20.1 Å². The lowest BCUT2D eigenvalue weighted by Crippen LogP contribution is -2.48. The maximum atomic E-state index is 12.4. The van der Waals surface area contributed by atoms with Crippen molar-refractivity contribution in [1.29, 1.82) is 0 Å². The Kier molecular flexibility index (Phi) is 6.07. The van der Waals surface area contributed by atoms with E-state index in [1.54, 1.807) is 0 Å². The Labute approximate surface area is 154 Å². The molecule has 1 aliphatic heterocycles. The number of amides is 1. The van der Waals surface area contributed by atoms with Crippen LogP contribution in [-0.2, 0) is 4.79 Å². The highest BCUT2D eigenvalue weighted by molar-refractivity contribution is 5.93. The molecule has 138 valence electrons. The van der Waals surface area contributed by atoms with Gasteiger partial charge < -0.3 is 15.0 Å². The molecular weight excluding hydrogens is 328 g/mol. The number of anilines is 2. The van der Waals surface area contributed by atoms with Gasteiger partial charge in [0.1, 0.15) is 11.6 Å². The molecule has 0 aliphatic carbocycles. The van der Waals surface area contributed by atoms with Crippen molar-refractivity contribution >= 4 is 17.4 Å². The molecule has 6 heteroatoms. The van der Waals surface area contributed by atoms with E-state index in [1.165, 1.54) is 0 Å². The number of carbonyl (C=O) groups is 1. The summed E-state index contributed by atoms with van der Waals surface area (Å²) in [5.41, 5.74) is 0.721. The monoisotopic (exact) mass is 354 g/mol. The van der Waals surface area contributed by atoms with Gasteiger partial charge in [0.25, 0.3) is 0 Å². The Bertz CT molecular complexity index is 713. The smallest absolute Gasteiger partial charge is 0.238 e. The predicted molar refractivity (Wildman–Crippen MR) is 104 cm³/mol. The molecule has 1 amide bonds. The van der Waals surface area contributed by atoms with Crippen molar-refractivity contribution in [3.8, 4) is 5.75 Å². The van der Waals surface area contributed by atoms with Gasteiger partial charge >= 0.3 is 0 Å². The third-order valence-electron chi connectivity index (χ3n) is 4.24. The zero-order chi connectivity index (χ0) is 18.4. The molecule has 1 aromatic heterocycles. The normalized spacial score (nSPS) is 15.1. The molecule has 1 aliphatic rings. The number of rotatable bonds is 6. The maximum Gasteiger partial charge on any atom is 0.238 e. The number of piperazine rings is 1. The van der Waals surface area contributed by atoms with Gasteiger partial charge in [0.15, 0.2) is 0 Å². The van der Waals surface area contributed by atoms with Gasteiger partial charge in [-0.2, -0.15) is 0 Å². The lowest BCUT2D eigenvalue weighted by Gasteiger charge is -2.35. The molecule has 0 radical (unpaired) electrons. The first-order chi connectivity index (χ1) is 12.6.